The van der Waals surface area contributed by atoms with Crippen molar-refractivity contribution in [2.24, 2.45) is 5.92 Å². The minimum absolute atomic E-state index is 0.00373. The van der Waals surface area contributed by atoms with Gasteiger partial charge >= 0.3 is 6.30 Å². The molecule has 0 spiro atoms. The number of rotatable bonds is 11. The number of nitrogens with zero attached hydrogens (tertiary/aromatic N) is 2. The Balaban J connectivity index is 1.43. The summed E-state index contributed by atoms with van der Waals surface area (Å²) in [6.07, 6.45) is -3.30. The maximum Gasteiger partial charge on any atom is 0.459 e. The third-order valence-electron chi connectivity index (χ3n) is 6.86. The number of aryl methyl sites for hydroxylation is 1. The van der Waals surface area contributed by atoms with Crippen molar-refractivity contribution in [3.05, 3.63) is 50.7 Å². The van der Waals surface area contributed by atoms with Crippen LogP contribution in [-0.2, 0) is 0 Å². The molecule has 35 heavy (non-hydrogen) atoms. The van der Waals surface area contributed by atoms with Gasteiger partial charge in [-0.05, 0) is 82.5 Å². The van der Waals surface area contributed by atoms with E-state index in [1.165, 1.54) is 22.5 Å². The summed E-state index contributed by atoms with van der Waals surface area (Å²) in [5, 5.41) is 3.05. The average Bonchev–Trinajstić information content (AvgIpc) is 3.20. The molecular weight excluding hydrogens is 475 g/mol. The van der Waals surface area contributed by atoms with Crippen LogP contribution < -0.4 is 10.1 Å². The first kappa shape index (κ1) is 27.5. The lowest BCUT2D eigenvalue weighted by molar-refractivity contribution is -0.236. The maximum atomic E-state index is 12.5. The molecule has 1 N–H and O–H groups in total. The third kappa shape index (κ3) is 7.21. The third-order valence-corrected chi connectivity index (χ3v) is 7.86. The van der Waals surface area contributed by atoms with Crippen LogP contribution in [0.5, 0.6) is 5.75 Å². The number of carbonyl (C=O) groups is 1. The zero-order chi connectivity index (χ0) is 25.8. The van der Waals surface area contributed by atoms with E-state index in [4.69, 9.17) is 4.74 Å². The van der Waals surface area contributed by atoms with Crippen molar-refractivity contribution in [2.45, 2.75) is 52.9 Å². The Morgan fingerprint density at radius 2 is 1.89 bits per heavy atom. The molecule has 0 aliphatic carbocycles. The number of alkyl halides is 3. The highest BCUT2D eigenvalue weighted by molar-refractivity contribution is 7.13. The second-order valence-electron chi connectivity index (χ2n) is 9.46. The summed E-state index contributed by atoms with van der Waals surface area (Å²) in [5.74, 6) is 1.24. The van der Waals surface area contributed by atoms with Gasteiger partial charge in [0.1, 0.15) is 5.75 Å². The monoisotopic (exact) mass is 511 g/mol. The van der Waals surface area contributed by atoms with Crippen molar-refractivity contribution < 1.29 is 22.7 Å². The predicted molar refractivity (Wildman–Crippen MR) is 134 cm³/mol. The molecule has 9 heteroatoms. The summed E-state index contributed by atoms with van der Waals surface area (Å²) in [4.78, 5) is 17.0. The van der Waals surface area contributed by atoms with E-state index >= 15 is 0 Å². The summed E-state index contributed by atoms with van der Waals surface area (Å²) < 4.78 is 43.5. The van der Waals surface area contributed by atoms with Crippen LogP contribution in [0.15, 0.2) is 24.3 Å². The molecule has 0 bridgehead atoms. The molecule has 2 aromatic rings. The van der Waals surface area contributed by atoms with Gasteiger partial charge < -0.3 is 10.1 Å². The van der Waals surface area contributed by atoms with Crippen LogP contribution in [-0.4, -0.2) is 61.8 Å². The fraction of sp³-hybridized carbons (Fsp3) is 0.577. The Hall–Kier alpha value is -2.10. The van der Waals surface area contributed by atoms with E-state index < -0.39 is 6.30 Å². The van der Waals surface area contributed by atoms with Gasteiger partial charge in [-0.1, -0.05) is 6.07 Å². The normalized spacial score (nSPS) is 15.8. The zero-order valence-corrected chi connectivity index (χ0v) is 22.0. The second kappa shape index (κ2) is 11.8. The first-order valence-electron chi connectivity index (χ1n) is 12.1. The fourth-order valence-corrected chi connectivity index (χ4v) is 5.10. The Kier molecular flexibility index (Phi) is 9.23. The molecule has 1 atom stereocenters. The standard InChI is InChI=1S/C26H36F3N3O2S/c1-17-8-11-24(35-17)25(33)30-14-21-15-32(16-21)20(4)22-9-10-23(19(3)18(22)2)34-13-7-6-12-31(5)26(27,28)29/h8-11,20-21H,6-7,12-16H2,1-5H3,(H,30,33). The highest BCUT2D eigenvalue weighted by Gasteiger charge is 2.33. The molecular formula is C26H36F3N3O2S. The molecule has 194 valence electrons. The average molecular weight is 512 g/mol. The second-order valence-corrected chi connectivity index (χ2v) is 10.8. The highest BCUT2D eigenvalue weighted by atomic mass is 32.1. The number of benzene rings is 1. The Morgan fingerprint density at radius 1 is 1.17 bits per heavy atom. The van der Waals surface area contributed by atoms with E-state index in [1.54, 1.807) is 0 Å². The lowest BCUT2D eigenvalue weighted by Gasteiger charge is -2.44. The number of carbonyl (C=O) groups excluding carboxylic acids is 1. The Bertz CT molecular complexity index is 1000. The van der Waals surface area contributed by atoms with Crippen molar-refractivity contribution >= 4 is 17.2 Å². The summed E-state index contributed by atoms with van der Waals surface area (Å²) in [6, 6.07) is 8.15. The van der Waals surface area contributed by atoms with Gasteiger partial charge in [0, 0.05) is 43.0 Å². The molecule has 3 rings (SSSR count). The number of likely N-dealkylation sites (tertiary alicyclic amines) is 1. The van der Waals surface area contributed by atoms with Gasteiger partial charge in [-0.3, -0.25) is 9.69 Å². The summed E-state index contributed by atoms with van der Waals surface area (Å²) >= 11 is 1.51. The molecule has 0 radical (unpaired) electrons. The number of thiophene rings is 1. The number of amides is 1. The van der Waals surface area contributed by atoms with Crippen molar-refractivity contribution in [1.29, 1.82) is 0 Å². The number of hydrogen-bond donors (Lipinski definition) is 1. The number of ether oxygens (including phenoxy) is 1. The molecule has 1 aromatic carbocycles. The van der Waals surface area contributed by atoms with Crippen LogP contribution >= 0.6 is 11.3 Å². The lowest BCUT2D eigenvalue weighted by Crippen LogP contribution is -2.52. The molecule has 1 fully saturated rings. The number of nitrogens with one attached hydrogen (secondary N) is 1. The van der Waals surface area contributed by atoms with Crippen LogP contribution in [0.25, 0.3) is 0 Å². The highest BCUT2D eigenvalue weighted by Crippen LogP contribution is 2.34. The molecule has 1 amide bonds. The maximum absolute atomic E-state index is 12.5. The van der Waals surface area contributed by atoms with E-state index in [0.717, 1.165) is 41.2 Å². The Labute approximate surface area is 210 Å². The van der Waals surface area contributed by atoms with Gasteiger partial charge in [0.25, 0.3) is 5.91 Å². The summed E-state index contributed by atoms with van der Waals surface area (Å²) in [7, 11) is 1.07. The molecule has 1 aliphatic rings. The largest absolute Gasteiger partial charge is 0.493 e. The fourth-order valence-electron chi connectivity index (χ4n) is 4.32. The van der Waals surface area contributed by atoms with E-state index in [1.807, 2.05) is 32.0 Å². The van der Waals surface area contributed by atoms with Crippen molar-refractivity contribution in [1.82, 2.24) is 15.1 Å². The molecule has 2 heterocycles. The predicted octanol–water partition coefficient (Wildman–Crippen LogP) is 5.71. The van der Waals surface area contributed by atoms with Gasteiger partial charge in [-0.15, -0.1) is 11.3 Å². The topological polar surface area (TPSA) is 44.8 Å². The number of hydrogen-bond acceptors (Lipinski definition) is 5. The van der Waals surface area contributed by atoms with E-state index in [2.05, 4.69) is 30.1 Å². The van der Waals surface area contributed by atoms with E-state index in [0.29, 0.717) is 36.8 Å². The lowest BCUT2D eigenvalue weighted by atomic mass is 9.91. The minimum atomic E-state index is -4.28. The number of unbranched alkanes of at least 4 members (excludes halogenated alkanes) is 1. The van der Waals surface area contributed by atoms with E-state index in [-0.39, 0.29) is 18.5 Å². The quantitative estimate of drug-likeness (QED) is 0.310. The molecule has 5 nitrogen and oxygen atoms in total. The van der Waals surface area contributed by atoms with Crippen molar-refractivity contribution in [3.63, 3.8) is 0 Å². The molecule has 1 aromatic heterocycles. The van der Waals surface area contributed by atoms with Crippen LogP contribution in [0, 0.1) is 26.7 Å². The summed E-state index contributed by atoms with van der Waals surface area (Å²) in [6.45, 7) is 11.2. The van der Waals surface area contributed by atoms with Crippen molar-refractivity contribution in [2.75, 3.05) is 39.8 Å². The van der Waals surface area contributed by atoms with Gasteiger partial charge in [-0.25, -0.2) is 4.90 Å². The van der Waals surface area contributed by atoms with Crippen LogP contribution in [0.1, 0.15) is 57.0 Å². The Morgan fingerprint density at radius 3 is 2.51 bits per heavy atom. The first-order chi connectivity index (χ1) is 16.5. The zero-order valence-electron chi connectivity index (χ0n) is 21.2. The smallest absolute Gasteiger partial charge is 0.459 e. The number of halogens is 3. The SMILES string of the molecule is Cc1ccc(C(=O)NCC2CN(C(C)c3ccc(OCCCCN(C)C(F)(F)F)c(C)c3C)C2)s1. The summed E-state index contributed by atoms with van der Waals surface area (Å²) in [5.41, 5.74) is 3.49. The van der Waals surface area contributed by atoms with Crippen LogP contribution in [0.2, 0.25) is 0 Å². The molecule has 0 saturated carbocycles. The van der Waals surface area contributed by atoms with Gasteiger partial charge in [-0.2, -0.15) is 13.2 Å². The van der Waals surface area contributed by atoms with Crippen LogP contribution in [0.3, 0.4) is 0 Å². The minimum Gasteiger partial charge on any atom is -0.493 e. The van der Waals surface area contributed by atoms with Gasteiger partial charge in [0.2, 0.25) is 0 Å². The van der Waals surface area contributed by atoms with Gasteiger partial charge in [0.05, 0.1) is 11.5 Å². The molecule has 1 unspecified atom stereocenters. The molecule has 1 saturated heterocycles. The van der Waals surface area contributed by atoms with Crippen molar-refractivity contribution in [3.8, 4) is 5.75 Å². The van der Waals surface area contributed by atoms with Gasteiger partial charge in [0.15, 0.2) is 0 Å². The molecule has 1 aliphatic heterocycles. The first-order valence-corrected chi connectivity index (χ1v) is 12.9. The van der Waals surface area contributed by atoms with Crippen LogP contribution in [0.4, 0.5) is 13.2 Å². The van der Waals surface area contributed by atoms with E-state index in [9.17, 15) is 18.0 Å².